The first-order valence-electron chi connectivity index (χ1n) is 5.44. The quantitative estimate of drug-likeness (QED) is 0.309. The van der Waals surface area contributed by atoms with Crippen LogP contribution in [-0.2, 0) is 19.2 Å². The molecule has 0 heterocycles. The van der Waals surface area contributed by atoms with Crippen LogP contribution in [0.3, 0.4) is 0 Å². The van der Waals surface area contributed by atoms with E-state index in [4.69, 9.17) is 0 Å². The summed E-state index contributed by atoms with van der Waals surface area (Å²) in [5.74, 6) is -6.12. The molecule has 0 atom stereocenters. The van der Waals surface area contributed by atoms with Crippen molar-refractivity contribution in [3.05, 3.63) is 0 Å². The first kappa shape index (κ1) is 32.5. The fraction of sp³-hybridized carbons (Fsp3) is 0.600. The smallest absolute Gasteiger partial charge is 0.549 e. The van der Waals surface area contributed by atoms with Crippen molar-refractivity contribution in [3.63, 3.8) is 0 Å². The van der Waals surface area contributed by atoms with Gasteiger partial charge in [-0.1, -0.05) is 0 Å². The van der Waals surface area contributed by atoms with Crippen LogP contribution in [0.15, 0.2) is 0 Å². The molecule has 0 saturated carbocycles. The first-order valence-corrected chi connectivity index (χ1v) is 5.44. The molecule has 0 aliphatic carbocycles. The van der Waals surface area contributed by atoms with E-state index in [-0.39, 0.29) is 139 Å². The zero-order valence-electron chi connectivity index (χ0n) is 13.1. The molecule has 0 amide bonds. The summed E-state index contributed by atoms with van der Waals surface area (Å²) in [6.07, 6.45) is 0. The van der Waals surface area contributed by atoms with Crippen LogP contribution in [0.2, 0.25) is 0 Å². The minimum Gasteiger partial charge on any atom is -0.549 e. The van der Waals surface area contributed by atoms with Crippen LogP contribution < -0.4 is 123 Å². The molecule has 0 rings (SSSR count). The Hall–Kier alpha value is 1.84. The Morgan fingerprint density at radius 1 is 0.565 bits per heavy atom. The summed E-state index contributed by atoms with van der Waals surface area (Å²) < 4.78 is 0. The van der Waals surface area contributed by atoms with Crippen LogP contribution in [0.4, 0.5) is 0 Å². The van der Waals surface area contributed by atoms with Crippen molar-refractivity contribution in [3.8, 4) is 0 Å². The molecule has 10 nitrogen and oxygen atoms in total. The Bertz CT molecular complexity index is 331. The van der Waals surface area contributed by atoms with E-state index in [1.54, 1.807) is 0 Å². The maximum Gasteiger partial charge on any atom is 2.00 e. The van der Waals surface area contributed by atoms with Crippen LogP contribution in [0, 0.1) is 0 Å². The third-order valence-electron chi connectivity index (χ3n) is 2.14. The van der Waals surface area contributed by atoms with Gasteiger partial charge in [0.1, 0.15) is 0 Å². The van der Waals surface area contributed by atoms with E-state index in [0.29, 0.717) is 0 Å². The van der Waals surface area contributed by atoms with Crippen molar-refractivity contribution in [1.82, 2.24) is 9.80 Å². The van der Waals surface area contributed by atoms with Gasteiger partial charge in [-0.15, -0.1) is 0 Å². The Kier molecular flexibility index (Phi) is 26.3. The molecular formula is C10H12K2MgN2O8. The van der Waals surface area contributed by atoms with Crippen molar-refractivity contribution >= 4 is 46.9 Å². The number of hydrogen-bond donors (Lipinski definition) is 0. The summed E-state index contributed by atoms with van der Waals surface area (Å²) in [5, 5.41) is 41.6. The van der Waals surface area contributed by atoms with Crippen LogP contribution in [0.25, 0.3) is 0 Å². The Morgan fingerprint density at radius 3 is 0.870 bits per heavy atom. The second kappa shape index (κ2) is 18.6. The normalized spacial score (nSPS) is 9.30. The van der Waals surface area contributed by atoms with Gasteiger partial charge in [0.05, 0.1) is 23.9 Å². The average Bonchev–Trinajstić information content (AvgIpc) is 2.22. The molecule has 13 heteroatoms. The third kappa shape index (κ3) is 21.8. The average molecular weight is 391 g/mol. The first-order chi connectivity index (χ1) is 9.20. The molecule has 0 fully saturated rings. The van der Waals surface area contributed by atoms with E-state index in [1.165, 1.54) is 0 Å². The molecule has 0 saturated heterocycles. The number of rotatable bonds is 11. The molecule has 23 heavy (non-hydrogen) atoms. The van der Waals surface area contributed by atoms with Gasteiger partial charge in [0.25, 0.3) is 0 Å². The second-order valence-electron chi connectivity index (χ2n) is 3.91. The van der Waals surface area contributed by atoms with Crippen molar-refractivity contribution in [2.45, 2.75) is 0 Å². The van der Waals surface area contributed by atoms with Crippen LogP contribution in [0.1, 0.15) is 0 Å². The van der Waals surface area contributed by atoms with Gasteiger partial charge in [-0.2, -0.15) is 0 Å². The number of hydrogen-bond acceptors (Lipinski definition) is 10. The molecule has 0 aromatic heterocycles. The SMILES string of the molecule is O=C([O-])CN(CCN(CC(=O)[O-])CC(=O)[O-])CC(=O)[O-].[K+].[K+].[Mg+2]. The maximum atomic E-state index is 10.4. The standard InChI is InChI=1S/C10H16N2O8.2K.Mg/c13-7(14)3-11(4-8(15)16)1-2-12(5-9(17)18)6-10(19)20;;;/h1-6H2,(H,13,14)(H,15,16)(H,17,18)(H,19,20);;;/q;2*+1;+2/p-4. The van der Waals surface area contributed by atoms with Gasteiger partial charge < -0.3 is 39.6 Å². The Balaban J connectivity index is -0.000000602. The number of carboxylic acid groups (broad SMARTS) is 4. The molecule has 0 aromatic rings. The molecule has 0 spiro atoms. The summed E-state index contributed by atoms with van der Waals surface area (Å²) >= 11 is 0. The van der Waals surface area contributed by atoms with Gasteiger partial charge in [0, 0.05) is 39.3 Å². The van der Waals surface area contributed by atoms with Crippen molar-refractivity contribution in [2.24, 2.45) is 0 Å². The molecule has 0 radical (unpaired) electrons. The van der Waals surface area contributed by atoms with Crippen LogP contribution >= 0.6 is 0 Å². The predicted octanol–water partition coefficient (Wildman–Crippen LogP) is -13.8. The van der Waals surface area contributed by atoms with Crippen molar-refractivity contribution in [1.29, 1.82) is 0 Å². The molecule has 114 valence electrons. The Labute approximate surface area is 233 Å². The maximum absolute atomic E-state index is 10.4. The zero-order valence-corrected chi connectivity index (χ0v) is 20.8. The van der Waals surface area contributed by atoms with Gasteiger partial charge in [0.15, 0.2) is 0 Å². The van der Waals surface area contributed by atoms with E-state index in [9.17, 15) is 39.6 Å². The van der Waals surface area contributed by atoms with Gasteiger partial charge in [0.2, 0.25) is 0 Å². The molecule has 0 aliphatic heterocycles. The number of nitrogens with zero attached hydrogens (tertiary/aromatic N) is 2. The van der Waals surface area contributed by atoms with Gasteiger partial charge in [-0.25, -0.2) is 0 Å². The van der Waals surface area contributed by atoms with E-state index >= 15 is 0 Å². The second-order valence-corrected chi connectivity index (χ2v) is 3.91. The van der Waals surface area contributed by atoms with Gasteiger partial charge in [-0.05, 0) is 0 Å². The summed E-state index contributed by atoms with van der Waals surface area (Å²) in [5.41, 5.74) is 0. The van der Waals surface area contributed by atoms with E-state index < -0.39 is 50.1 Å². The fourth-order valence-corrected chi connectivity index (χ4v) is 1.44. The molecule has 0 aliphatic rings. The minimum atomic E-state index is -1.53. The summed E-state index contributed by atoms with van der Waals surface area (Å²) in [7, 11) is 0. The van der Waals surface area contributed by atoms with Crippen molar-refractivity contribution < 1.29 is 142 Å². The largest absolute Gasteiger partial charge is 2.00 e. The zero-order chi connectivity index (χ0) is 15.7. The summed E-state index contributed by atoms with van der Waals surface area (Å²) in [4.78, 5) is 43.4. The van der Waals surface area contributed by atoms with E-state index in [1.807, 2.05) is 0 Å². The predicted molar refractivity (Wildman–Crippen MR) is 58.7 cm³/mol. The molecule has 0 N–H and O–H groups in total. The Morgan fingerprint density at radius 2 is 0.739 bits per heavy atom. The number of carboxylic acids is 4. The summed E-state index contributed by atoms with van der Waals surface area (Å²) in [6, 6.07) is 0. The van der Waals surface area contributed by atoms with Crippen LogP contribution in [0.5, 0.6) is 0 Å². The van der Waals surface area contributed by atoms with E-state index in [2.05, 4.69) is 0 Å². The number of aliphatic carboxylic acids is 4. The van der Waals surface area contributed by atoms with Gasteiger partial charge >= 0.3 is 126 Å². The van der Waals surface area contributed by atoms with E-state index in [0.717, 1.165) is 9.80 Å². The molecule has 0 unspecified atom stereocenters. The fourth-order valence-electron chi connectivity index (χ4n) is 1.44. The monoisotopic (exact) mass is 390 g/mol. The van der Waals surface area contributed by atoms with Gasteiger partial charge in [-0.3, -0.25) is 9.80 Å². The summed E-state index contributed by atoms with van der Waals surface area (Å²) in [6.45, 7) is -3.25. The molecular weight excluding hydrogens is 379 g/mol. The topological polar surface area (TPSA) is 167 Å². The van der Waals surface area contributed by atoms with Crippen LogP contribution in [-0.4, -0.2) is 96.0 Å². The number of carbonyl (C=O) groups is 4. The number of carbonyl (C=O) groups excluding carboxylic acids is 4. The molecule has 0 bridgehead atoms. The molecule has 0 aromatic carbocycles. The van der Waals surface area contributed by atoms with Crippen molar-refractivity contribution in [2.75, 3.05) is 39.3 Å². The minimum absolute atomic E-state index is 0. The third-order valence-corrected chi connectivity index (χ3v) is 2.14.